The number of fused-ring (bicyclic) bond motifs is 9. The van der Waals surface area contributed by atoms with Crippen LogP contribution < -0.4 is 4.87 Å². The topological polar surface area (TPSA) is 108 Å². The number of hydrogen-bond donors (Lipinski definition) is 2. The number of thiazole rings is 1. The first-order valence-corrected chi connectivity index (χ1v) is 11.8. The van der Waals surface area contributed by atoms with Crippen LogP contribution in [0.4, 0.5) is 4.39 Å². The van der Waals surface area contributed by atoms with E-state index < -0.39 is 24.3 Å². The second-order valence-corrected chi connectivity index (χ2v) is 10.9. The van der Waals surface area contributed by atoms with Crippen molar-refractivity contribution in [3.05, 3.63) is 50.2 Å². The van der Waals surface area contributed by atoms with E-state index in [0.717, 1.165) is 38.1 Å². The fourth-order valence-electron chi connectivity index (χ4n) is 6.41. The standard InChI is InChI=1S/C21H17FN2O5S2/c22-8-3-1-7(2-4-8)12-13-9-5-10(16(13)30-18-17(12)31-21(29)23-18)15-14(9)19(27)24(20(15)28)6-11(25)26/h1-4,9-10,12-16H,5-6H2,(H,23,29)(H,25,26)/t9-,10-,12+,13-,14+,15-,16+/m1/s1. The zero-order chi connectivity index (χ0) is 21.6. The number of hydrogen-bond acceptors (Lipinski definition) is 6. The van der Waals surface area contributed by atoms with Crippen molar-refractivity contribution >= 4 is 40.9 Å². The highest BCUT2D eigenvalue weighted by Gasteiger charge is 2.69. The third-order valence-corrected chi connectivity index (χ3v) is 9.93. The number of carboxylic acid groups (broad SMARTS) is 1. The lowest BCUT2D eigenvalue weighted by molar-refractivity contribution is -0.149. The number of aliphatic carboxylic acids is 1. The Bertz CT molecular complexity index is 1190. The summed E-state index contributed by atoms with van der Waals surface area (Å²) in [7, 11) is 0. The third-order valence-electron chi connectivity index (χ3n) is 7.34. The zero-order valence-electron chi connectivity index (χ0n) is 16.0. The molecule has 7 nitrogen and oxygen atoms in total. The van der Waals surface area contributed by atoms with Gasteiger partial charge in [0.15, 0.2) is 0 Å². The molecule has 10 heteroatoms. The van der Waals surface area contributed by atoms with Crippen molar-refractivity contribution in [2.75, 3.05) is 6.54 Å². The molecule has 2 bridgehead atoms. The van der Waals surface area contributed by atoms with Crippen LogP contribution in [0.25, 0.3) is 0 Å². The lowest BCUT2D eigenvalue weighted by Gasteiger charge is -2.43. The van der Waals surface area contributed by atoms with Crippen molar-refractivity contribution < 1.29 is 23.9 Å². The zero-order valence-corrected chi connectivity index (χ0v) is 17.6. The van der Waals surface area contributed by atoms with Gasteiger partial charge in [0.1, 0.15) is 12.4 Å². The van der Waals surface area contributed by atoms with E-state index in [-0.39, 0.29) is 51.4 Å². The van der Waals surface area contributed by atoms with Crippen LogP contribution in [-0.4, -0.2) is 44.6 Å². The molecule has 3 heterocycles. The van der Waals surface area contributed by atoms with Gasteiger partial charge in [-0.15, -0.1) is 11.8 Å². The van der Waals surface area contributed by atoms with Crippen LogP contribution in [0.2, 0.25) is 0 Å². The van der Waals surface area contributed by atoms with Crippen LogP contribution in [-0.2, 0) is 14.4 Å². The van der Waals surface area contributed by atoms with Crippen molar-refractivity contribution in [3.63, 3.8) is 0 Å². The molecule has 6 rings (SSSR count). The van der Waals surface area contributed by atoms with Crippen LogP contribution in [0, 0.1) is 35.4 Å². The van der Waals surface area contributed by atoms with E-state index in [1.165, 1.54) is 12.1 Å². The van der Waals surface area contributed by atoms with Gasteiger partial charge in [-0.25, -0.2) is 4.39 Å². The molecule has 1 aromatic carbocycles. The van der Waals surface area contributed by atoms with Crippen LogP contribution in [0.1, 0.15) is 22.8 Å². The summed E-state index contributed by atoms with van der Waals surface area (Å²) in [5.74, 6) is -3.62. The number of carboxylic acids is 1. The first-order valence-electron chi connectivity index (χ1n) is 10.1. The number of thioether (sulfide) groups is 1. The lowest BCUT2D eigenvalue weighted by Crippen LogP contribution is -2.42. The number of likely N-dealkylation sites (tertiary alicyclic amines) is 1. The van der Waals surface area contributed by atoms with Crippen LogP contribution in [0.15, 0.2) is 34.1 Å². The van der Waals surface area contributed by atoms with E-state index >= 15 is 0 Å². The molecule has 2 N–H and O–H groups in total. The number of nitrogens with one attached hydrogen (secondary N) is 1. The number of nitrogens with zero attached hydrogens (tertiary/aromatic N) is 1. The Kier molecular flexibility index (Phi) is 4.05. The van der Waals surface area contributed by atoms with Gasteiger partial charge in [-0.2, -0.15) is 0 Å². The number of carbonyl (C=O) groups excluding carboxylic acids is 2. The largest absolute Gasteiger partial charge is 0.480 e. The van der Waals surface area contributed by atoms with Crippen molar-refractivity contribution in [1.29, 1.82) is 0 Å². The Labute approximate surface area is 183 Å². The molecule has 1 saturated heterocycles. The number of aromatic amines is 1. The van der Waals surface area contributed by atoms with E-state index in [0.29, 0.717) is 0 Å². The molecule has 2 aliphatic carbocycles. The Morgan fingerprint density at radius 3 is 2.48 bits per heavy atom. The average molecular weight is 461 g/mol. The number of amides is 2. The molecule has 0 unspecified atom stereocenters. The van der Waals surface area contributed by atoms with E-state index in [1.54, 1.807) is 23.9 Å². The highest BCUT2D eigenvalue weighted by atomic mass is 32.2. The Morgan fingerprint density at radius 2 is 1.81 bits per heavy atom. The Balaban J connectivity index is 1.45. The summed E-state index contributed by atoms with van der Waals surface area (Å²) in [6.07, 6.45) is 0.729. The molecule has 2 saturated carbocycles. The van der Waals surface area contributed by atoms with Gasteiger partial charge in [0, 0.05) is 16.0 Å². The summed E-state index contributed by atoms with van der Waals surface area (Å²) in [5.41, 5.74) is 0.886. The fraction of sp³-hybridized carbons (Fsp3) is 0.429. The smallest absolute Gasteiger partial charge is 0.323 e. The third kappa shape index (κ3) is 2.57. The molecule has 2 amide bonds. The minimum absolute atomic E-state index is 0.0159. The number of imide groups is 1. The molecule has 3 fully saturated rings. The predicted molar refractivity (Wildman–Crippen MR) is 109 cm³/mol. The predicted octanol–water partition coefficient (Wildman–Crippen LogP) is 2.13. The van der Waals surface area contributed by atoms with Crippen LogP contribution >= 0.6 is 23.1 Å². The number of halogens is 1. The maximum absolute atomic E-state index is 13.6. The van der Waals surface area contributed by atoms with E-state index in [4.69, 9.17) is 5.11 Å². The molecule has 0 spiro atoms. The van der Waals surface area contributed by atoms with Gasteiger partial charge in [-0.05, 0) is 41.9 Å². The first kappa shape index (κ1) is 19.2. The second kappa shape index (κ2) is 6.52. The minimum atomic E-state index is -1.20. The van der Waals surface area contributed by atoms with Crippen molar-refractivity contribution in [2.24, 2.45) is 29.6 Å². The van der Waals surface area contributed by atoms with Gasteiger partial charge in [0.05, 0.1) is 16.9 Å². The summed E-state index contributed by atoms with van der Waals surface area (Å²) in [4.78, 5) is 53.9. The molecular weight excluding hydrogens is 443 g/mol. The summed E-state index contributed by atoms with van der Waals surface area (Å²) in [6, 6.07) is 6.25. The molecule has 0 radical (unpaired) electrons. The molecule has 7 atom stereocenters. The Morgan fingerprint density at radius 1 is 1.13 bits per heavy atom. The van der Waals surface area contributed by atoms with E-state index in [2.05, 4.69) is 4.98 Å². The minimum Gasteiger partial charge on any atom is -0.480 e. The van der Waals surface area contributed by atoms with Gasteiger partial charge < -0.3 is 10.1 Å². The SMILES string of the molecule is O=C(O)CN1C(=O)[C@@H]2[C@H]3C[C@@H]([C@@H]2C1=O)[C@@H]1[C@H](c2ccc(F)cc2)c2sc(=O)[nH]c2S[C@@H]31. The maximum Gasteiger partial charge on any atom is 0.323 e. The van der Waals surface area contributed by atoms with Crippen LogP contribution in [0.5, 0.6) is 0 Å². The highest BCUT2D eigenvalue weighted by molar-refractivity contribution is 8.00. The summed E-state index contributed by atoms with van der Waals surface area (Å²) in [5, 5.41) is 9.96. The van der Waals surface area contributed by atoms with Gasteiger partial charge in [0.2, 0.25) is 11.8 Å². The number of H-pyrrole nitrogens is 1. The summed E-state index contributed by atoms with van der Waals surface area (Å²) < 4.78 is 13.6. The normalized spacial score (nSPS) is 35.3. The van der Waals surface area contributed by atoms with E-state index in [9.17, 15) is 23.6 Å². The summed E-state index contributed by atoms with van der Waals surface area (Å²) in [6.45, 7) is -0.603. The van der Waals surface area contributed by atoms with Gasteiger partial charge in [-0.1, -0.05) is 23.5 Å². The molecule has 1 aromatic heterocycles. The first-order chi connectivity index (χ1) is 14.8. The monoisotopic (exact) mass is 460 g/mol. The lowest BCUT2D eigenvalue weighted by atomic mass is 9.68. The van der Waals surface area contributed by atoms with Gasteiger partial charge >= 0.3 is 10.8 Å². The van der Waals surface area contributed by atoms with Crippen molar-refractivity contribution in [2.45, 2.75) is 22.6 Å². The quantitative estimate of drug-likeness (QED) is 0.680. The average Bonchev–Trinajstić information content (AvgIpc) is 3.44. The maximum atomic E-state index is 13.6. The summed E-state index contributed by atoms with van der Waals surface area (Å²) >= 11 is 2.71. The highest BCUT2D eigenvalue weighted by Crippen LogP contribution is 2.68. The van der Waals surface area contributed by atoms with Gasteiger partial charge in [-0.3, -0.25) is 24.1 Å². The molecule has 160 valence electrons. The van der Waals surface area contributed by atoms with E-state index in [1.807, 2.05) is 0 Å². The molecular formula is C21H17FN2O5S2. The molecule has 2 aliphatic heterocycles. The fourth-order valence-corrected chi connectivity index (χ4v) is 9.30. The second-order valence-electron chi connectivity index (χ2n) is 8.67. The molecule has 4 aliphatic rings. The van der Waals surface area contributed by atoms with Crippen molar-refractivity contribution in [1.82, 2.24) is 9.88 Å². The number of carbonyl (C=O) groups is 3. The Hall–Kier alpha value is -2.46. The number of benzene rings is 1. The number of aromatic nitrogens is 1. The molecule has 31 heavy (non-hydrogen) atoms. The van der Waals surface area contributed by atoms with Gasteiger partial charge in [0.25, 0.3) is 0 Å². The number of rotatable bonds is 3. The van der Waals surface area contributed by atoms with Crippen LogP contribution in [0.3, 0.4) is 0 Å². The molecule has 2 aromatic rings. The van der Waals surface area contributed by atoms with Crippen molar-refractivity contribution in [3.8, 4) is 0 Å².